The predicted octanol–water partition coefficient (Wildman–Crippen LogP) is 3.46. The second-order valence-corrected chi connectivity index (χ2v) is 6.70. The van der Waals surface area contributed by atoms with Crippen molar-refractivity contribution in [3.05, 3.63) is 12.2 Å². The summed E-state index contributed by atoms with van der Waals surface area (Å²) in [4.78, 5) is 2.58. The van der Waals surface area contributed by atoms with E-state index < -0.39 is 0 Å². The first kappa shape index (κ1) is 11.2. The minimum Gasteiger partial charge on any atom is -0.296 e. The zero-order chi connectivity index (χ0) is 11.3. The maximum Gasteiger partial charge on any atom is 0.0280 e. The van der Waals surface area contributed by atoms with Crippen LogP contribution in [0.15, 0.2) is 12.2 Å². The molecule has 15 heavy (non-hydrogen) atoms. The highest BCUT2D eigenvalue weighted by Crippen LogP contribution is 2.53. The van der Waals surface area contributed by atoms with Gasteiger partial charge in [0, 0.05) is 12.1 Å². The fourth-order valence-electron chi connectivity index (χ4n) is 4.08. The lowest BCUT2D eigenvalue weighted by Crippen LogP contribution is -2.48. The van der Waals surface area contributed by atoms with Crippen LogP contribution in [0.5, 0.6) is 0 Å². The minimum atomic E-state index is 0.440. The van der Waals surface area contributed by atoms with Crippen molar-refractivity contribution in [1.29, 1.82) is 0 Å². The van der Waals surface area contributed by atoms with Crippen LogP contribution < -0.4 is 0 Å². The molecule has 0 amide bonds. The normalized spacial score (nSPS) is 38.1. The summed E-state index contributed by atoms with van der Waals surface area (Å²) < 4.78 is 0. The summed E-state index contributed by atoms with van der Waals surface area (Å²) >= 11 is 0. The summed E-state index contributed by atoms with van der Waals surface area (Å²) in [5.74, 6) is 0.842. The molecule has 0 aromatic rings. The van der Waals surface area contributed by atoms with E-state index in [2.05, 4.69) is 39.3 Å². The molecule has 1 saturated heterocycles. The highest BCUT2D eigenvalue weighted by Gasteiger charge is 2.52. The van der Waals surface area contributed by atoms with Crippen molar-refractivity contribution in [2.45, 2.75) is 52.0 Å². The van der Waals surface area contributed by atoms with E-state index in [0.29, 0.717) is 11.0 Å². The van der Waals surface area contributed by atoms with Crippen LogP contribution in [0.3, 0.4) is 0 Å². The third-order valence-corrected chi connectivity index (χ3v) is 4.57. The van der Waals surface area contributed by atoms with E-state index in [1.54, 1.807) is 0 Å². The van der Waals surface area contributed by atoms with Gasteiger partial charge in [0.2, 0.25) is 0 Å². The van der Waals surface area contributed by atoms with Crippen LogP contribution in [0.25, 0.3) is 0 Å². The van der Waals surface area contributed by atoms with Gasteiger partial charge in [0.25, 0.3) is 0 Å². The zero-order valence-electron chi connectivity index (χ0n) is 10.8. The number of nitrogens with zero attached hydrogens (tertiary/aromatic N) is 1. The second kappa shape index (κ2) is 3.35. The van der Waals surface area contributed by atoms with Crippen LogP contribution in [0.4, 0.5) is 0 Å². The molecule has 1 aliphatic heterocycles. The predicted molar refractivity (Wildman–Crippen MR) is 65.9 cm³/mol. The van der Waals surface area contributed by atoms with Crippen molar-refractivity contribution < 1.29 is 0 Å². The molecule has 2 unspecified atom stereocenters. The molecule has 2 fully saturated rings. The molecule has 0 aromatic heterocycles. The largest absolute Gasteiger partial charge is 0.296 e. The van der Waals surface area contributed by atoms with Gasteiger partial charge in [0.15, 0.2) is 0 Å². The Hall–Kier alpha value is -0.300. The topological polar surface area (TPSA) is 3.24 Å². The maximum atomic E-state index is 4.20. The summed E-state index contributed by atoms with van der Waals surface area (Å²) in [5.41, 5.74) is 2.33. The third-order valence-electron chi connectivity index (χ3n) is 4.57. The molecule has 0 aromatic carbocycles. The van der Waals surface area contributed by atoms with Gasteiger partial charge in [0.1, 0.15) is 0 Å². The average Bonchev–Trinajstić information content (AvgIpc) is 2.57. The molecule has 2 aliphatic rings. The van der Waals surface area contributed by atoms with E-state index in [1.807, 2.05) is 0 Å². The number of hydrogen-bond acceptors (Lipinski definition) is 1. The molecule has 2 atom stereocenters. The lowest BCUT2D eigenvalue weighted by atomic mass is 9.69. The van der Waals surface area contributed by atoms with Crippen molar-refractivity contribution >= 4 is 0 Å². The molecule has 1 heteroatoms. The molecular formula is C14H25N. The number of likely N-dealkylation sites (tertiary alicyclic amines) is 1. The van der Waals surface area contributed by atoms with E-state index in [4.69, 9.17) is 0 Å². The van der Waals surface area contributed by atoms with Crippen molar-refractivity contribution in [3.8, 4) is 0 Å². The van der Waals surface area contributed by atoms with Crippen molar-refractivity contribution in [3.63, 3.8) is 0 Å². The molecule has 0 bridgehead atoms. The minimum absolute atomic E-state index is 0.440. The van der Waals surface area contributed by atoms with Crippen LogP contribution in [0.2, 0.25) is 0 Å². The maximum absolute atomic E-state index is 4.20. The average molecular weight is 207 g/mol. The van der Waals surface area contributed by atoms with Gasteiger partial charge >= 0.3 is 0 Å². The first-order chi connectivity index (χ1) is 6.86. The standard InChI is InChI=1S/C14H25N/c1-11-9-14(15(5)10-11)8-6-7-12(14)13(2,3)4/h12H,1,6-10H2,2-5H3. The van der Waals surface area contributed by atoms with Crippen LogP contribution in [0, 0.1) is 11.3 Å². The molecule has 1 aliphatic carbocycles. The van der Waals surface area contributed by atoms with Crippen LogP contribution in [0.1, 0.15) is 46.5 Å². The number of hydrogen-bond donors (Lipinski definition) is 0. The Morgan fingerprint density at radius 3 is 2.53 bits per heavy atom. The first-order valence-corrected chi connectivity index (χ1v) is 6.24. The second-order valence-electron chi connectivity index (χ2n) is 6.70. The van der Waals surface area contributed by atoms with E-state index in [-0.39, 0.29) is 0 Å². The highest BCUT2D eigenvalue weighted by molar-refractivity contribution is 5.19. The van der Waals surface area contributed by atoms with Gasteiger partial charge in [-0.25, -0.2) is 0 Å². The fraction of sp³-hybridized carbons (Fsp3) is 0.857. The SMILES string of the molecule is C=C1CN(C)C2(CCCC2C(C)(C)C)C1. The molecule has 1 spiro atoms. The Kier molecular flexibility index (Phi) is 2.50. The summed E-state index contributed by atoms with van der Waals surface area (Å²) in [6.07, 6.45) is 5.43. The van der Waals surface area contributed by atoms with Gasteiger partial charge in [-0.1, -0.05) is 39.3 Å². The smallest absolute Gasteiger partial charge is 0.0280 e. The summed E-state index contributed by atoms with van der Waals surface area (Å²) in [6, 6.07) is 0. The molecule has 0 N–H and O–H groups in total. The van der Waals surface area contributed by atoms with Crippen molar-refractivity contribution in [2.24, 2.45) is 11.3 Å². The van der Waals surface area contributed by atoms with Gasteiger partial charge in [-0.3, -0.25) is 4.90 Å². The van der Waals surface area contributed by atoms with E-state index in [9.17, 15) is 0 Å². The third kappa shape index (κ3) is 1.65. The Labute approximate surface area is 94.5 Å². The van der Waals surface area contributed by atoms with E-state index >= 15 is 0 Å². The molecule has 1 nitrogen and oxygen atoms in total. The molecule has 0 radical (unpaired) electrons. The highest BCUT2D eigenvalue weighted by atomic mass is 15.2. The van der Waals surface area contributed by atoms with Crippen molar-refractivity contribution in [2.75, 3.05) is 13.6 Å². The van der Waals surface area contributed by atoms with Crippen LogP contribution in [-0.2, 0) is 0 Å². The van der Waals surface area contributed by atoms with Gasteiger partial charge in [-0.15, -0.1) is 0 Å². The molecule has 86 valence electrons. The van der Waals surface area contributed by atoms with Gasteiger partial charge in [-0.2, -0.15) is 0 Å². The van der Waals surface area contributed by atoms with E-state index in [1.165, 1.54) is 31.3 Å². The van der Waals surface area contributed by atoms with Gasteiger partial charge in [0.05, 0.1) is 0 Å². The summed E-state index contributed by atoms with van der Waals surface area (Å²) in [5, 5.41) is 0. The number of rotatable bonds is 0. The lowest BCUT2D eigenvalue weighted by Gasteiger charge is -2.44. The Balaban J connectivity index is 2.30. The molecule has 1 heterocycles. The Morgan fingerprint density at radius 2 is 2.07 bits per heavy atom. The van der Waals surface area contributed by atoms with Crippen LogP contribution in [-0.4, -0.2) is 24.0 Å². The summed E-state index contributed by atoms with van der Waals surface area (Å²) in [7, 11) is 2.29. The summed E-state index contributed by atoms with van der Waals surface area (Å²) in [6.45, 7) is 12.5. The van der Waals surface area contributed by atoms with Crippen LogP contribution >= 0.6 is 0 Å². The molecular weight excluding hydrogens is 182 g/mol. The van der Waals surface area contributed by atoms with Gasteiger partial charge in [-0.05, 0) is 37.6 Å². The Morgan fingerprint density at radius 1 is 1.40 bits per heavy atom. The quantitative estimate of drug-likeness (QED) is 0.550. The van der Waals surface area contributed by atoms with Crippen molar-refractivity contribution in [1.82, 2.24) is 4.90 Å². The monoisotopic (exact) mass is 207 g/mol. The Bertz CT molecular complexity index is 274. The molecule has 2 rings (SSSR count). The van der Waals surface area contributed by atoms with Gasteiger partial charge < -0.3 is 0 Å². The van der Waals surface area contributed by atoms with E-state index in [0.717, 1.165) is 12.5 Å². The molecule has 1 saturated carbocycles. The number of likely N-dealkylation sites (N-methyl/N-ethyl adjacent to an activating group) is 1. The fourth-order valence-corrected chi connectivity index (χ4v) is 4.08. The first-order valence-electron chi connectivity index (χ1n) is 6.24. The lowest BCUT2D eigenvalue weighted by molar-refractivity contribution is 0.0542. The zero-order valence-corrected chi connectivity index (χ0v) is 10.8.